The molecule has 0 aliphatic heterocycles. The lowest BCUT2D eigenvalue weighted by Gasteiger charge is -2.22. The van der Waals surface area contributed by atoms with Crippen LogP contribution in [-0.4, -0.2) is 59.1 Å². The van der Waals surface area contributed by atoms with Gasteiger partial charge in [-0.1, -0.05) is 0 Å². The molecule has 1 N–H and O–H groups in total. The molecule has 0 heterocycles. The summed E-state index contributed by atoms with van der Waals surface area (Å²) < 4.78 is 110. The molecule has 0 saturated heterocycles. The van der Waals surface area contributed by atoms with E-state index in [9.17, 15) is 40.2 Å². The summed E-state index contributed by atoms with van der Waals surface area (Å²) in [6.07, 6.45) is -4.09. The van der Waals surface area contributed by atoms with E-state index in [1.54, 1.807) is 0 Å². The van der Waals surface area contributed by atoms with E-state index in [4.69, 9.17) is 0 Å². The third-order valence-electron chi connectivity index (χ3n) is 2.57. The standard InChI is InChI=1S/C11H14Br2F8O3/c12-10(18,19)8(14,15)1-3-23-5-7(22)6-24-4-2-9(16,17)11(13,20)21/h7,22H,1-6H2. The van der Waals surface area contributed by atoms with Crippen molar-refractivity contribution in [1.82, 2.24) is 0 Å². The summed E-state index contributed by atoms with van der Waals surface area (Å²) in [6, 6.07) is 0. The quantitative estimate of drug-likeness (QED) is 0.243. The molecular formula is C11H14Br2F8O3. The third-order valence-corrected chi connectivity index (χ3v) is 3.73. The SMILES string of the molecule is OC(COCCC(F)(F)C(F)(F)Br)COCCC(F)(F)C(F)(F)Br. The number of hydrogen-bond donors (Lipinski definition) is 1. The molecule has 13 heteroatoms. The summed E-state index contributed by atoms with van der Waals surface area (Å²) in [6.45, 7) is -2.79. The molecule has 3 nitrogen and oxygen atoms in total. The predicted octanol–water partition coefficient (Wildman–Crippen LogP) is 4.41. The number of halogens is 10. The average Bonchev–Trinajstić information content (AvgIpc) is 2.37. The van der Waals surface area contributed by atoms with Gasteiger partial charge in [0.25, 0.3) is 0 Å². The van der Waals surface area contributed by atoms with E-state index in [0.29, 0.717) is 0 Å². The number of aliphatic hydroxyl groups is 1. The number of aliphatic hydroxyl groups excluding tert-OH is 1. The van der Waals surface area contributed by atoms with Crippen molar-refractivity contribution in [2.75, 3.05) is 26.4 Å². The minimum absolute atomic E-state index is 0.588. The highest BCUT2D eigenvalue weighted by molar-refractivity contribution is 9.10. The Hall–Kier alpha value is 0.280. The first-order valence-corrected chi connectivity index (χ1v) is 7.91. The highest BCUT2D eigenvalue weighted by Gasteiger charge is 2.54. The Bertz CT molecular complexity index is 339. The van der Waals surface area contributed by atoms with Crippen LogP contribution < -0.4 is 0 Å². The van der Waals surface area contributed by atoms with Gasteiger partial charge in [0, 0.05) is 12.8 Å². The molecule has 0 bridgehead atoms. The van der Waals surface area contributed by atoms with Crippen molar-refractivity contribution < 1.29 is 49.7 Å². The van der Waals surface area contributed by atoms with E-state index in [2.05, 4.69) is 9.47 Å². The van der Waals surface area contributed by atoms with Crippen LogP contribution in [0.5, 0.6) is 0 Å². The zero-order chi connectivity index (χ0) is 19.2. The minimum Gasteiger partial charge on any atom is -0.388 e. The van der Waals surface area contributed by atoms with Gasteiger partial charge in [0.2, 0.25) is 0 Å². The molecule has 0 unspecified atom stereocenters. The first-order valence-electron chi connectivity index (χ1n) is 6.33. The summed E-state index contributed by atoms with van der Waals surface area (Å²) >= 11 is 3.05. The molecule has 0 radical (unpaired) electrons. The molecule has 0 amide bonds. The fourth-order valence-corrected chi connectivity index (χ4v) is 1.57. The monoisotopic (exact) mass is 504 g/mol. The van der Waals surface area contributed by atoms with Crippen LogP contribution in [0.4, 0.5) is 35.1 Å². The van der Waals surface area contributed by atoms with Crippen LogP contribution in [0.25, 0.3) is 0 Å². The molecule has 0 spiro atoms. The minimum atomic E-state index is -4.41. The van der Waals surface area contributed by atoms with Gasteiger partial charge in [0.05, 0.1) is 26.4 Å². The van der Waals surface area contributed by atoms with E-state index in [1.165, 1.54) is 31.9 Å². The summed E-state index contributed by atoms with van der Waals surface area (Å²) in [5.74, 6) is -8.72. The second kappa shape index (κ2) is 9.28. The zero-order valence-corrected chi connectivity index (χ0v) is 15.0. The van der Waals surface area contributed by atoms with E-state index in [-0.39, 0.29) is 0 Å². The van der Waals surface area contributed by atoms with Crippen molar-refractivity contribution in [1.29, 1.82) is 0 Å². The number of ether oxygens (including phenoxy) is 2. The molecule has 0 aromatic carbocycles. The number of alkyl halides is 10. The summed E-state index contributed by atoms with van der Waals surface area (Å²) in [5, 5.41) is 9.29. The lowest BCUT2D eigenvalue weighted by molar-refractivity contribution is -0.163. The van der Waals surface area contributed by atoms with Gasteiger partial charge in [0.15, 0.2) is 0 Å². The molecule has 24 heavy (non-hydrogen) atoms. The molecule has 0 fully saturated rings. The Kier molecular flexibility index (Phi) is 9.39. The van der Waals surface area contributed by atoms with Crippen LogP contribution in [0, 0.1) is 0 Å². The fourth-order valence-electron chi connectivity index (χ4n) is 1.17. The van der Waals surface area contributed by atoms with Gasteiger partial charge in [-0.3, -0.25) is 0 Å². The summed E-state index contributed by atoms with van der Waals surface area (Å²) in [4.78, 5) is -8.82. The zero-order valence-electron chi connectivity index (χ0n) is 11.9. The van der Waals surface area contributed by atoms with Crippen molar-refractivity contribution in [3.63, 3.8) is 0 Å². The molecule has 0 atom stereocenters. The average molecular weight is 506 g/mol. The first-order chi connectivity index (χ1) is 10.6. The molecule has 0 rings (SSSR count). The number of rotatable bonds is 12. The van der Waals surface area contributed by atoms with Crippen LogP contribution in [-0.2, 0) is 9.47 Å². The third kappa shape index (κ3) is 8.59. The van der Waals surface area contributed by atoms with Crippen molar-refractivity contribution >= 4 is 31.9 Å². The van der Waals surface area contributed by atoms with Gasteiger partial charge in [-0.2, -0.15) is 35.1 Å². The largest absolute Gasteiger partial charge is 0.388 e. The lowest BCUT2D eigenvalue weighted by atomic mass is 10.2. The lowest BCUT2D eigenvalue weighted by Crippen LogP contribution is -2.37. The van der Waals surface area contributed by atoms with Gasteiger partial charge < -0.3 is 14.6 Å². The maximum Gasteiger partial charge on any atom is 0.363 e. The van der Waals surface area contributed by atoms with E-state index < -0.39 is 66.9 Å². The molecule has 0 saturated carbocycles. The van der Waals surface area contributed by atoms with Crippen LogP contribution >= 0.6 is 31.9 Å². The van der Waals surface area contributed by atoms with Crippen LogP contribution in [0.1, 0.15) is 12.8 Å². The van der Waals surface area contributed by atoms with E-state index in [1.807, 2.05) is 0 Å². The molecule has 0 aliphatic carbocycles. The molecule has 0 aliphatic rings. The van der Waals surface area contributed by atoms with Crippen molar-refractivity contribution in [3.8, 4) is 0 Å². The van der Waals surface area contributed by atoms with Crippen molar-refractivity contribution in [3.05, 3.63) is 0 Å². The Morgan fingerprint density at radius 3 is 1.25 bits per heavy atom. The van der Waals surface area contributed by atoms with Crippen LogP contribution in [0.3, 0.4) is 0 Å². The molecule has 0 aromatic heterocycles. The Morgan fingerprint density at radius 1 is 0.708 bits per heavy atom. The van der Waals surface area contributed by atoms with Crippen LogP contribution in [0.15, 0.2) is 0 Å². The predicted molar refractivity (Wildman–Crippen MR) is 74.5 cm³/mol. The first kappa shape index (κ1) is 24.3. The fraction of sp³-hybridized carbons (Fsp3) is 1.00. The Labute approximate surface area is 148 Å². The maximum atomic E-state index is 12.8. The van der Waals surface area contributed by atoms with Crippen molar-refractivity contribution in [2.24, 2.45) is 0 Å². The highest BCUT2D eigenvalue weighted by atomic mass is 79.9. The van der Waals surface area contributed by atoms with Gasteiger partial charge in [0.1, 0.15) is 6.10 Å². The molecule has 146 valence electrons. The molecule has 0 aromatic rings. The second-order valence-corrected chi connectivity index (χ2v) is 6.70. The summed E-state index contributed by atoms with van der Waals surface area (Å²) in [7, 11) is 0. The van der Waals surface area contributed by atoms with E-state index >= 15 is 0 Å². The van der Waals surface area contributed by atoms with Gasteiger partial charge in [-0.25, -0.2) is 0 Å². The normalized spacial score (nSPS) is 14.5. The van der Waals surface area contributed by atoms with Gasteiger partial charge in [-0.15, -0.1) is 0 Å². The Balaban J connectivity index is 3.88. The van der Waals surface area contributed by atoms with E-state index in [0.717, 1.165) is 0 Å². The highest BCUT2D eigenvalue weighted by Crippen LogP contribution is 2.42. The maximum absolute atomic E-state index is 12.8. The smallest absolute Gasteiger partial charge is 0.363 e. The van der Waals surface area contributed by atoms with Gasteiger partial charge >= 0.3 is 21.5 Å². The second-order valence-electron chi connectivity index (χ2n) is 4.71. The number of hydrogen-bond acceptors (Lipinski definition) is 3. The summed E-state index contributed by atoms with van der Waals surface area (Å²) in [5.41, 5.74) is 0. The molecular weight excluding hydrogens is 492 g/mol. The topological polar surface area (TPSA) is 38.7 Å². The van der Waals surface area contributed by atoms with Gasteiger partial charge in [-0.05, 0) is 31.9 Å². The Morgan fingerprint density at radius 2 is 1.00 bits per heavy atom. The van der Waals surface area contributed by atoms with Crippen LogP contribution in [0.2, 0.25) is 0 Å². The van der Waals surface area contributed by atoms with Crippen molar-refractivity contribution in [2.45, 2.75) is 40.5 Å².